The van der Waals surface area contributed by atoms with Crippen LogP contribution in [0.3, 0.4) is 0 Å². The van der Waals surface area contributed by atoms with Gasteiger partial charge in [-0.05, 0) is 123 Å². The molecular weight excluding hydrogens is 587 g/mol. The van der Waals surface area contributed by atoms with Crippen LogP contribution in [0.2, 0.25) is 0 Å². The molecule has 1 aliphatic carbocycles. The number of hydrogen-bond donors (Lipinski definition) is 0. The van der Waals surface area contributed by atoms with Crippen molar-refractivity contribution in [3.05, 3.63) is 159 Å². The minimum atomic E-state index is 0.127. The number of benzene rings is 7. The van der Waals surface area contributed by atoms with Crippen LogP contribution in [0.5, 0.6) is 0 Å². The first-order chi connectivity index (χ1) is 23.6. The molecule has 0 aromatic heterocycles. The van der Waals surface area contributed by atoms with Crippen molar-refractivity contribution < 1.29 is 0 Å². The van der Waals surface area contributed by atoms with Crippen molar-refractivity contribution in [3.63, 3.8) is 0 Å². The van der Waals surface area contributed by atoms with Gasteiger partial charge >= 0.3 is 0 Å². The quantitative estimate of drug-likeness (QED) is 0.131. The van der Waals surface area contributed by atoms with Gasteiger partial charge in [-0.2, -0.15) is 0 Å². The molecule has 0 aliphatic heterocycles. The molecule has 1 aliphatic rings. The molecule has 49 heavy (non-hydrogen) atoms. The molecule has 8 rings (SSSR count). The predicted octanol–water partition coefficient (Wildman–Crippen LogP) is 10.4. The third-order valence-electron chi connectivity index (χ3n) is 11.2. The molecule has 240 valence electrons. The largest absolute Gasteiger partial charge is 0.242 e. The average molecular weight is 633 g/mol. The van der Waals surface area contributed by atoms with E-state index in [4.69, 9.17) is 0 Å². The topological polar surface area (TPSA) is 0 Å². The molecule has 0 saturated heterocycles. The van der Waals surface area contributed by atoms with Gasteiger partial charge in [-0.25, -0.2) is 0 Å². The van der Waals surface area contributed by atoms with Crippen LogP contribution < -0.4 is 16.4 Å². The minimum Gasteiger partial charge on any atom is -0.0642 e. The van der Waals surface area contributed by atoms with E-state index < -0.39 is 0 Å². The van der Waals surface area contributed by atoms with E-state index in [0.717, 1.165) is 12.8 Å². The van der Waals surface area contributed by atoms with Gasteiger partial charge in [0, 0.05) is 0 Å². The standard InChI is InChI=1S/C48H45B/c1-28-9-13-36(14-10-28)39-19-17-38-18-20-41-43(37-15-11-29(2)12-16-37)27-44(42-22-21-40(39)45(38)46(41)42)49(47-32(5)23-30(3)24-33(47)6)48-34(7)25-31(4)26-35(48)8/h9-20,23-27H,21-22H2,1-8H3. The van der Waals surface area contributed by atoms with E-state index in [1.807, 2.05) is 0 Å². The van der Waals surface area contributed by atoms with Crippen molar-refractivity contribution in [3.8, 4) is 22.3 Å². The first kappa shape index (κ1) is 31.4. The summed E-state index contributed by atoms with van der Waals surface area (Å²) in [4.78, 5) is 0. The molecule has 7 aromatic rings. The van der Waals surface area contributed by atoms with E-state index in [-0.39, 0.29) is 6.71 Å². The maximum absolute atomic E-state index is 2.59. The Balaban J connectivity index is 1.55. The minimum absolute atomic E-state index is 0.127. The van der Waals surface area contributed by atoms with Crippen molar-refractivity contribution in [2.75, 3.05) is 0 Å². The summed E-state index contributed by atoms with van der Waals surface area (Å²) >= 11 is 0. The van der Waals surface area contributed by atoms with Gasteiger partial charge in [-0.15, -0.1) is 0 Å². The predicted molar refractivity (Wildman–Crippen MR) is 215 cm³/mol. The van der Waals surface area contributed by atoms with Crippen LogP contribution >= 0.6 is 0 Å². The summed E-state index contributed by atoms with van der Waals surface area (Å²) in [7, 11) is 0. The highest BCUT2D eigenvalue weighted by Gasteiger charge is 2.33. The van der Waals surface area contributed by atoms with Gasteiger partial charge in [-0.3, -0.25) is 0 Å². The third kappa shape index (κ3) is 5.23. The second kappa shape index (κ2) is 11.9. The number of aryl methyl sites for hydroxylation is 10. The van der Waals surface area contributed by atoms with E-state index in [1.54, 1.807) is 0 Å². The fourth-order valence-electron chi connectivity index (χ4n) is 9.25. The molecule has 0 spiro atoms. The highest BCUT2D eigenvalue weighted by Crippen LogP contribution is 2.43. The second-order valence-electron chi connectivity index (χ2n) is 15.0. The molecule has 0 heterocycles. The van der Waals surface area contributed by atoms with E-state index in [9.17, 15) is 0 Å². The molecule has 0 radical (unpaired) electrons. The lowest BCUT2D eigenvalue weighted by molar-refractivity contribution is 0.976. The van der Waals surface area contributed by atoms with Gasteiger partial charge in [0.05, 0.1) is 0 Å². The third-order valence-corrected chi connectivity index (χ3v) is 11.2. The Morgan fingerprint density at radius 2 is 0.878 bits per heavy atom. The van der Waals surface area contributed by atoms with Gasteiger partial charge in [0.15, 0.2) is 0 Å². The summed E-state index contributed by atoms with van der Waals surface area (Å²) < 4.78 is 0. The Labute approximate surface area is 292 Å². The lowest BCUT2D eigenvalue weighted by Crippen LogP contribution is -2.57. The first-order valence-corrected chi connectivity index (χ1v) is 17.9. The Hall–Kier alpha value is -4.88. The van der Waals surface area contributed by atoms with Gasteiger partial charge in [-0.1, -0.05) is 164 Å². The van der Waals surface area contributed by atoms with Crippen molar-refractivity contribution in [1.29, 1.82) is 0 Å². The highest BCUT2D eigenvalue weighted by atomic mass is 14.3. The zero-order valence-electron chi connectivity index (χ0n) is 30.3. The Morgan fingerprint density at radius 3 is 1.41 bits per heavy atom. The van der Waals surface area contributed by atoms with Crippen molar-refractivity contribution >= 4 is 44.6 Å². The fourth-order valence-corrected chi connectivity index (χ4v) is 9.25. The average Bonchev–Trinajstić information content (AvgIpc) is 3.06. The second-order valence-corrected chi connectivity index (χ2v) is 15.0. The number of hydrogen-bond acceptors (Lipinski definition) is 0. The van der Waals surface area contributed by atoms with Gasteiger partial charge in [0.1, 0.15) is 0 Å². The van der Waals surface area contributed by atoms with Crippen LogP contribution in [0.15, 0.2) is 103 Å². The molecule has 0 nitrogen and oxygen atoms in total. The molecule has 0 atom stereocenters. The normalized spacial score (nSPS) is 12.3. The lowest BCUT2D eigenvalue weighted by Gasteiger charge is -2.30. The number of rotatable bonds is 5. The van der Waals surface area contributed by atoms with Crippen LogP contribution in [0.1, 0.15) is 55.6 Å². The maximum Gasteiger partial charge on any atom is 0.242 e. The van der Waals surface area contributed by atoms with Gasteiger partial charge in [0.25, 0.3) is 0 Å². The van der Waals surface area contributed by atoms with E-state index >= 15 is 0 Å². The lowest BCUT2D eigenvalue weighted by atomic mass is 9.33. The summed E-state index contributed by atoms with van der Waals surface area (Å²) in [6.07, 6.45) is 2.06. The molecule has 0 amide bonds. The first-order valence-electron chi connectivity index (χ1n) is 17.9. The molecular formula is C48H45B. The van der Waals surface area contributed by atoms with E-state index in [0.29, 0.717) is 0 Å². The molecule has 1 heteroatoms. The summed E-state index contributed by atoms with van der Waals surface area (Å²) in [5.74, 6) is 0. The molecule has 0 unspecified atom stereocenters. The monoisotopic (exact) mass is 632 g/mol. The van der Waals surface area contributed by atoms with Crippen LogP contribution in [-0.4, -0.2) is 6.71 Å². The zero-order chi connectivity index (χ0) is 34.1. The van der Waals surface area contributed by atoms with Crippen LogP contribution in [-0.2, 0) is 12.8 Å². The Bertz CT molecular complexity index is 2340. The fraction of sp³-hybridized carbons (Fsp3) is 0.208. The molecule has 0 N–H and O–H groups in total. The summed E-state index contributed by atoms with van der Waals surface area (Å²) in [5, 5.41) is 5.61. The van der Waals surface area contributed by atoms with Gasteiger partial charge in [0.2, 0.25) is 6.71 Å². The Kier molecular flexibility index (Phi) is 7.64. The van der Waals surface area contributed by atoms with Crippen molar-refractivity contribution in [1.82, 2.24) is 0 Å². The van der Waals surface area contributed by atoms with Crippen molar-refractivity contribution in [2.45, 2.75) is 68.2 Å². The molecule has 0 bridgehead atoms. The Morgan fingerprint density at radius 1 is 0.408 bits per heavy atom. The SMILES string of the molecule is Cc1ccc(-c2ccc3ccc4c(-c5ccc(C)cc5)cc(B(c5c(C)cc(C)cc5C)c5c(C)cc(C)cc5C)c5c4c3c2CC5)cc1. The zero-order valence-corrected chi connectivity index (χ0v) is 30.3. The molecule has 7 aromatic carbocycles. The summed E-state index contributed by atoms with van der Waals surface area (Å²) in [6.45, 7) is 18.3. The molecule has 0 saturated carbocycles. The highest BCUT2D eigenvalue weighted by molar-refractivity contribution is 6.97. The summed E-state index contributed by atoms with van der Waals surface area (Å²) in [6, 6.07) is 39.9. The molecule has 0 fully saturated rings. The maximum atomic E-state index is 2.59. The van der Waals surface area contributed by atoms with E-state index in [2.05, 4.69) is 159 Å². The van der Waals surface area contributed by atoms with Crippen LogP contribution in [0.4, 0.5) is 0 Å². The van der Waals surface area contributed by atoms with E-state index in [1.165, 1.54) is 116 Å². The van der Waals surface area contributed by atoms with Gasteiger partial charge < -0.3 is 0 Å². The summed E-state index contributed by atoms with van der Waals surface area (Å²) in [5.41, 5.74) is 23.4. The van der Waals surface area contributed by atoms with Crippen LogP contribution in [0.25, 0.3) is 43.8 Å². The smallest absolute Gasteiger partial charge is 0.0642 e. The van der Waals surface area contributed by atoms with Crippen LogP contribution in [0, 0.1) is 55.4 Å². The van der Waals surface area contributed by atoms with Crippen molar-refractivity contribution in [2.24, 2.45) is 0 Å².